The Hall–Kier alpha value is -2.17. The summed E-state index contributed by atoms with van der Waals surface area (Å²) in [5, 5.41) is 12.2. The molecule has 0 radical (unpaired) electrons. The molecule has 0 atom stereocenters. The molecule has 0 aromatic carbocycles. The van der Waals surface area contributed by atoms with Crippen molar-refractivity contribution in [3.05, 3.63) is 36.3 Å². The van der Waals surface area contributed by atoms with Gasteiger partial charge >= 0.3 is 12.0 Å². The first-order chi connectivity index (χ1) is 15.0. The molecule has 2 aromatic rings. The number of pyridine rings is 1. The van der Waals surface area contributed by atoms with Crippen molar-refractivity contribution in [2.24, 2.45) is 5.92 Å². The Morgan fingerprint density at radius 1 is 1.29 bits per heavy atom. The lowest BCUT2D eigenvalue weighted by Gasteiger charge is -2.36. The fourth-order valence-corrected chi connectivity index (χ4v) is 5.09. The number of hydrogen-bond acceptors (Lipinski definition) is 7. The summed E-state index contributed by atoms with van der Waals surface area (Å²) in [4.78, 5) is 34.1. The van der Waals surface area contributed by atoms with Crippen molar-refractivity contribution in [3.63, 3.8) is 0 Å². The second kappa shape index (κ2) is 12.0. The molecule has 0 saturated heterocycles. The number of aromatic nitrogens is 2. The summed E-state index contributed by atoms with van der Waals surface area (Å²) in [5.74, 6) is -0.225. The lowest BCUT2D eigenvalue weighted by molar-refractivity contribution is -0.133. The molecular formula is C21H28N4O4S2. The molecule has 0 bridgehead atoms. The zero-order valence-corrected chi connectivity index (χ0v) is 19.2. The number of nitrogens with zero attached hydrogens (tertiary/aromatic N) is 3. The van der Waals surface area contributed by atoms with Crippen LogP contribution in [0.1, 0.15) is 38.3 Å². The maximum atomic E-state index is 13.0. The third-order valence-electron chi connectivity index (χ3n) is 5.18. The van der Waals surface area contributed by atoms with Gasteiger partial charge in [-0.2, -0.15) is 0 Å². The topological polar surface area (TPSA) is 105 Å². The molecule has 2 aromatic heterocycles. The Balaban J connectivity index is 1.56. The molecule has 1 aliphatic carbocycles. The smallest absolute Gasteiger partial charge is 0.323 e. The third-order valence-corrected chi connectivity index (χ3v) is 7.27. The van der Waals surface area contributed by atoms with Crippen molar-refractivity contribution >= 4 is 40.2 Å². The molecule has 31 heavy (non-hydrogen) atoms. The number of thiazole rings is 1. The minimum atomic E-state index is -0.882. The molecule has 0 unspecified atom stereocenters. The summed E-state index contributed by atoms with van der Waals surface area (Å²) >= 11 is 2.48. The highest BCUT2D eigenvalue weighted by Crippen LogP contribution is 2.30. The first-order valence-corrected chi connectivity index (χ1v) is 12.2. The molecule has 10 heteroatoms. The summed E-state index contributed by atoms with van der Waals surface area (Å²) in [7, 11) is 0. The Labute approximate surface area is 190 Å². The van der Waals surface area contributed by atoms with Crippen molar-refractivity contribution in [3.8, 4) is 0 Å². The van der Waals surface area contributed by atoms with Crippen LogP contribution in [0, 0.1) is 5.92 Å². The van der Waals surface area contributed by atoms with Crippen LogP contribution in [0.4, 0.5) is 9.93 Å². The van der Waals surface area contributed by atoms with E-state index in [1.807, 2.05) is 23.1 Å². The van der Waals surface area contributed by atoms with E-state index in [4.69, 9.17) is 9.84 Å². The van der Waals surface area contributed by atoms with Crippen LogP contribution in [-0.4, -0.2) is 56.9 Å². The van der Waals surface area contributed by atoms with Gasteiger partial charge in [0, 0.05) is 18.8 Å². The number of anilines is 1. The van der Waals surface area contributed by atoms with Crippen LogP contribution in [0.2, 0.25) is 0 Å². The van der Waals surface area contributed by atoms with E-state index in [9.17, 15) is 9.59 Å². The van der Waals surface area contributed by atoms with Gasteiger partial charge < -0.3 is 14.7 Å². The van der Waals surface area contributed by atoms with Crippen LogP contribution in [0.3, 0.4) is 0 Å². The molecule has 2 N–H and O–H groups in total. The number of thioether (sulfide) groups is 1. The standard InChI is InChI=1S/C21H28N4O4S2/c1-15-5-7-17(8-6-15)25(10-11-29-13-16-4-2-3-9-22-16)21(28)24-20-23-12-19(31-20)30-14-18(26)27/h2-4,9,12,15,17H,5-8,10-11,13-14H2,1H3,(H,26,27)(H,23,24,28)/t15-,17-. The molecule has 8 nitrogen and oxygen atoms in total. The van der Waals surface area contributed by atoms with Crippen LogP contribution in [0.15, 0.2) is 34.8 Å². The van der Waals surface area contributed by atoms with Crippen molar-refractivity contribution < 1.29 is 19.4 Å². The van der Waals surface area contributed by atoms with E-state index in [2.05, 4.69) is 22.2 Å². The number of hydrogen-bond donors (Lipinski definition) is 2. The lowest BCUT2D eigenvalue weighted by Crippen LogP contribution is -2.46. The quantitative estimate of drug-likeness (QED) is 0.398. The largest absolute Gasteiger partial charge is 0.481 e. The molecular weight excluding hydrogens is 436 g/mol. The molecule has 1 fully saturated rings. The fourth-order valence-electron chi connectivity index (χ4n) is 3.51. The summed E-state index contributed by atoms with van der Waals surface area (Å²) < 4.78 is 6.52. The van der Waals surface area contributed by atoms with Gasteiger partial charge in [-0.05, 0) is 43.7 Å². The van der Waals surface area contributed by atoms with E-state index in [0.29, 0.717) is 30.8 Å². The molecule has 2 amide bonds. The van der Waals surface area contributed by atoms with Crippen molar-refractivity contribution in [1.82, 2.24) is 14.9 Å². The van der Waals surface area contributed by atoms with E-state index in [0.717, 1.165) is 35.6 Å². The van der Waals surface area contributed by atoms with Crippen LogP contribution in [0.25, 0.3) is 0 Å². The first-order valence-electron chi connectivity index (χ1n) is 10.4. The number of carbonyl (C=O) groups is 2. The van der Waals surface area contributed by atoms with Crippen LogP contribution >= 0.6 is 23.1 Å². The number of carboxylic acids is 1. The second-order valence-corrected chi connectivity index (χ2v) is 9.88. The fraction of sp³-hybridized carbons (Fsp3) is 0.524. The molecule has 168 valence electrons. The van der Waals surface area contributed by atoms with Crippen molar-refractivity contribution in [1.29, 1.82) is 0 Å². The Bertz CT molecular complexity index is 841. The third kappa shape index (κ3) is 7.79. The molecule has 3 rings (SSSR count). The average Bonchev–Trinajstić information content (AvgIpc) is 3.21. The van der Waals surface area contributed by atoms with Gasteiger partial charge in [-0.1, -0.05) is 24.3 Å². The highest BCUT2D eigenvalue weighted by atomic mass is 32.2. The zero-order valence-electron chi connectivity index (χ0n) is 17.5. The van der Waals surface area contributed by atoms with Crippen LogP contribution in [-0.2, 0) is 16.1 Å². The van der Waals surface area contributed by atoms with Gasteiger partial charge in [-0.25, -0.2) is 9.78 Å². The van der Waals surface area contributed by atoms with E-state index < -0.39 is 5.97 Å². The summed E-state index contributed by atoms with van der Waals surface area (Å²) in [5.41, 5.74) is 0.860. The number of carboxylic acid groups (broad SMARTS) is 1. The van der Waals surface area contributed by atoms with E-state index in [1.165, 1.54) is 23.1 Å². The number of ether oxygens (including phenoxy) is 1. The van der Waals surface area contributed by atoms with Gasteiger partial charge in [0.05, 0.1) is 35.1 Å². The number of aliphatic carboxylic acids is 1. The summed E-state index contributed by atoms with van der Waals surface area (Å²) in [6.45, 7) is 3.58. The van der Waals surface area contributed by atoms with Gasteiger partial charge in [0.1, 0.15) is 0 Å². The number of rotatable bonds is 10. The first kappa shape index (κ1) is 23.5. The van der Waals surface area contributed by atoms with Gasteiger partial charge in [-0.3, -0.25) is 15.1 Å². The second-order valence-electron chi connectivity index (χ2n) is 7.58. The maximum absolute atomic E-state index is 13.0. The lowest BCUT2D eigenvalue weighted by atomic mass is 9.86. The van der Waals surface area contributed by atoms with Gasteiger partial charge in [0.15, 0.2) is 5.13 Å². The minimum Gasteiger partial charge on any atom is -0.481 e. The molecule has 1 aliphatic rings. The van der Waals surface area contributed by atoms with E-state index in [1.54, 1.807) is 12.4 Å². The predicted molar refractivity (Wildman–Crippen MR) is 122 cm³/mol. The van der Waals surface area contributed by atoms with E-state index >= 15 is 0 Å². The summed E-state index contributed by atoms with van der Waals surface area (Å²) in [6, 6.07) is 5.69. The minimum absolute atomic E-state index is 0.0322. The van der Waals surface area contributed by atoms with Gasteiger partial charge in [-0.15, -0.1) is 11.8 Å². The Morgan fingerprint density at radius 3 is 2.81 bits per heavy atom. The molecule has 0 aliphatic heterocycles. The maximum Gasteiger partial charge on any atom is 0.323 e. The van der Waals surface area contributed by atoms with Crippen molar-refractivity contribution in [2.75, 3.05) is 24.2 Å². The average molecular weight is 465 g/mol. The molecule has 2 heterocycles. The SMILES string of the molecule is C[C@H]1CC[C@H](N(CCOCc2ccccn2)C(=O)Nc2ncc(SCC(=O)O)s2)CC1. The predicted octanol–water partition coefficient (Wildman–Crippen LogP) is 4.34. The number of urea groups is 1. The summed E-state index contributed by atoms with van der Waals surface area (Å²) in [6.07, 6.45) is 7.50. The number of carbonyl (C=O) groups excluding carboxylic acids is 1. The van der Waals surface area contributed by atoms with Crippen molar-refractivity contribution in [2.45, 2.75) is 49.5 Å². The zero-order chi connectivity index (χ0) is 22.1. The normalized spacial score (nSPS) is 18.5. The monoisotopic (exact) mass is 464 g/mol. The van der Waals surface area contributed by atoms with E-state index in [-0.39, 0.29) is 17.8 Å². The van der Waals surface area contributed by atoms with Crippen LogP contribution < -0.4 is 5.32 Å². The Morgan fingerprint density at radius 2 is 2.10 bits per heavy atom. The number of nitrogens with one attached hydrogen (secondary N) is 1. The Kier molecular flexibility index (Phi) is 9.11. The molecule has 0 spiro atoms. The highest BCUT2D eigenvalue weighted by molar-refractivity contribution is 8.01. The van der Waals surface area contributed by atoms with Crippen LogP contribution in [0.5, 0.6) is 0 Å². The van der Waals surface area contributed by atoms with Gasteiger partial charge in [0.25, 0.3) is 0 Å². The number of amides is 2. The highest BCUT2D eigenvalue weighted by Gasteiger charge is 2.28. The molecule has 1 saturated carbocycles. The van der Waals surface area contributed by atoms with Gasteiger partial charge in [0.2, 0.25) is 0 Å².